The predicted octanol–water partition coefficient (Wildman–Crippen LogP) is 4.88. The predicted molar refractivity (Wildman–Crippen MR) is 96.7 cm³/mol. The van der Waals surface area contributed by atoms with Crippen molar-refractivity contribution in [3.05, 3.63) is 60.2 Å². The van der Waals surface area contributed by atoms with Crippen LogP contribution in [0.25, 0.3) is 10.8 Å². The van der Waals surface area contributed by atoms with E-state index in [1.165, 1.54) is 6.07 Å². The van der Waals surface area contributed by atoms with Gasteiger partial charge in [-0.25, -0.2) is 0 Å². The Bertz CT molecular complexity index is 998. The van der Waals surface area contributed by atoms with Crippen LogP contribution in [-0.4, -0.2) is 18.4 Å². The lowest BCUT2D eigenvalue weighted by atomic mass is 9.98. The van der Waals surface area contributed by atoms with Crippen molar-refractivity contribution in [2.24, 2.45) is 5.41 Å². The highest BCUT2D eigenvalue weighted by Crippen LogP contribution is 2.19. The standard InChI is InChI=1S/C21H25N/c1-21(2,3)15-8-5-9-16-22(4)17-19-13-10-12-18-11-6-7-14-20(18)19/h5-7,9-14H,16-17H2,1-4H3/b9-5+/i4D3,9D,16D2,17D2. The minimum atomic E-state index is -3.17. The molecular formula is C21H25N. The third-order valence-corrected chi connectivity index (χ3v) is 2.79. The van der Waals surface area contributed by atoms with E-state index in [1.54, 1.807) is 36.4 Å². The van der Waals surface area contributed by atoms with Crippen LogP contribution in [0.4, 0.5) is 0 Å². The van der Waals surface area contributed by atoms with Crippen molar-refractivity contribution in [3.63, 3.8) is 0 Å². The smallest absolute Gasteiger partial charge is 0.0596 e. The zero-order chi connectivity index (χ0) is 23.0. The molecule has 1 nitrogen and oxygen atoms in total. The summed E-state index contributed by atoms with van der Waals surface area (Å²) in [6.45, 7) is -3.31. The number of allylic oxidation sites excluding steroid dienone is 1. The summed E-state index contributed by atoms with van der Waals surface area (Å²) < 4.78 is 65.7. The largest absolute Gasteiger partial charge is 0.298 e. The third-order valence-electron chi connectivity index (χ3n) is 2.79. The molecule has 0 heterocycles. The van der Waals surface area contributed by atoms with Gasteiger partial charge in [-0.1, -0.05) is 60.4 Å². The normalized spacial score (nSPS) is 19.5. The molecule has 2 aromatic rings. The van der Waals surface area contributed by atoms with Crippen molar-refractivity contribution in [2.75, 3.05) is 13.5 Å². The molecule has 1 heteroatoms. The SMILES string of the molecule is [2H]/C(=C\C#CC(C)(C)C)C([2H])([2H])N(C([2H])([2H])[2H])C([2H])([2H])c1cccc2ccccc12. The summed E-state index contributed by atoms with van der Waals surface area (Å²) in [7, 11) is 0. The van der Waals surface area contributed by atoms with E-state index in [1.807, 2.05) is 20.8 Å². The molecule has 0 N–H and O–H groups in total. The van der Waals surface area contributed by atoms with Gasteiger partial charge in [0.05, 0.1) is 1.37 Å². The van der Waals surface area contributed by atoms with Gasteiger partial charge >= 0.3 is 0 Å². The van der Waals surface area contributed by atoms with E-state index < -0.39 is 26.0 Å². The Labute approximate surface area is 145 Å². The van der Waals surface area contributed by atoms with Crippen LogP contribution in [0.1, 0.15) is 37.3 Å². The molecule has 2 rings (SSSR count). The molecule has 0 bridgehead atoms. The molecule has 2 aromatic carbocycles. The molecule has 0 atom stereocenters. The maximum absolute atomic E-state index is 8.63. The minimum absolute atomic E-state index is 0.00850. The van der Waals surface area contributed by atoms with Crippen LogP contribution in [0.2, 0.25) is 0 Å². The lowest BCUT2D eigenvalue weighted by Crippen LogP contribution is -2.17. The molecule has 0 radical (unpaired) electrons. The van der Waals surface area contributed by atoms with Crippen molar-refractivity contribution in [1.82, 2.24) is 4.90 Å². The summed E-state index contributed by atoms with van der Waals surface area (Å²) in [5.41, 5.74) is -0.376. The average molecular weight is 299 g/mol. The van der Waals surface area contributed by atoms with E-state index in [4.69, 9.17) is 11.0 Å². The topological polar surface area (TPSA) is 3.24 Å². The monoisotopic (exact) mass is 299 g/mol. The van der Waals surface area contributed by atoms with Crippen molar-refractivity contribution in [1.29, 1.82) is 0 Å². The Hall–Kier alpha value is -2.04. The van der Waals surface area contributed by atoms with Crippen LogP contribution >= 0.6 is 0 Å². The van der Waals surface area contributed by atoms with E-state index in [2.05, 4.69) is 11.8 Å². The van der Waals surface area contributed by atoms with E-state index >= 15 is 0 Å². The fraction of sp³-hybridized carbons (Fsp3) is 0.333. The van der Waals surface area contributed by atoms with Gasteiger partial charge in [-0.15, -0.1) is 0 Å². The van der Waals surface area contributed by atoms with Gasteiger partial charge in [0.25, 0.3) is 0 Å². The maximum atomic E-state index is 8.63. The van der Waals surface area contributed by atoms with Crippen LogP contribution in [-0.2, 0) is 6.50 Å². The second kappa shape index (κ2) is 7.29. The molecule has 0 aliphatic carbocycles. The Morgan fingerprint density at radius 3 is 2.77 bits per heavy atom. The first kappa shape index (κ1) is 8.56. The van der Waals surface area contributed by atoms with Crippen LogP contribution in [0.5, 0.6) is 0 Å². The molecule has 0 aliphatic rings. The number of fused-ring (bicyclic) bond motifs is 1. The molecule has 0 saturated heterocycles. The van der Waals surface area contributed by atoms with Gasteiger partial charge in [0.1, 0.15) is 0 Å². The van der Waals surface area contributed by atoms with Gasteiger partial charge in [-0.05, 0) is 50.2 Å². The van der Waals surface area contributed by atoms with Crippen LogP contribution in [0.3, 0.4) is 0 Å². The van der Waals surface area contributed by atoms with Crippen molar-refractivity contribution in [3.8, 4) is 11.8 Å². The summed E-state index contributed by atoms with van der Waals surface area (Å²) in [6.07, 6.45) is 0.989. The number of benzene rings is 2. The van der Waals surface area contributed by atoms with Gasteiger partial charge in [-0.3, -0.25) is 4.90 Å². The lowest BCUT2D eigenvalue weighted by molar-refractivity contribution is 0.365. The number of likely N-dealkylation sites (N-methyl/N-ethyl adjacent to an activating group) is 1. The second-order valence-electron chi connectivity index (χ2n) is 5.89. The number of rotatable bonds is 4. The average Bonchev–Trinajstić information content (AvgIpc) is 2.58. The molecule has 22 heavy (non-hydrogen) atoms. The van der Waals surface area contributed by atoms with Gasteiger partial charge in [-0.2, -0.15) is 0 Å². The lowest BCUT2D eigenvalue weighted by Gasteiger charge is -2.15. The van der Waals surface area contributed by atoms with Crippen LogP contribution < -0.4 is 0 Å². The minimum Gasteiger partial charge on any atom is -0.298 e. The molecule has 0 amide bonds. The Balaban J connectivity index is 2.66. The summed E-state index contributed by atoms with van der Waals surface area (Å²) in [6, 6.07) is 11.0. The molecule has 0 fully saturated rings. The number of nitrogens with zero attached hydrogens (tertiary/aromatic N) is 1. The zero-order valence-corrected chi connectivity index (χ0v) is 13.1. The highest BCUT2D eigenvalue weighted by molar-refractivity contribution is 5.85. The first-order valence-electron chi connectivity index (χ1n) is 11.1. The van der Waals surface area contributed by atoms with Crippen LogP contribution in [0, 0.1) is 17.3 Å². The third kappa shape index (κ3) is 5.06. The summed E-state index contributed by atoms with van der Waals surface area (Å²) in [4.78, 5) is 0.131. The second-order valence-corrected chi connectivity index (χ2v) is 5.89. The van der Waals surface area contributed by atoms with E-state index in [-0.39, 0.29) is 15.9 Å². The number of hydrogen-bond acceptors (Lipinski definition) is 1. The van der Waals surface area contributed by atoms with Gasteiger partial charge in [0, 0.05) is 28.0 Å². The number of hydrogen-bond donors (Lipinski definition) is 0. The Morgan fingerprint density at radius 1 is 1.23 bits per heavy atom. The summed E-state index contributed by atoms with van der Waals surface area (Å²) in [5, 5.41) is 1.17. The first-order valence-corrected chi connectivity index (χ1v) is 7.07. The summed E-state index contributed by atoms with van der Waals surface area (Å²) >= 11 is 0. The van der Waals surface area contributed by atoms with Crippen LogP contribution in [0.15, 0.2) is 54.6 Å². The molecule has 0 aromatic heterocycles. The zero-order valence-electron chi connectivity index (χ0n) is 21.1. The molecular weight excluding hydrogens is 266 g/mol. The van der Waals surface area contributed by atoms with Gasteiger partial charge in [0.15, 0.2) is 0 Å². The van der Waals surface area contributed by atoms with Crippen molar-refractivity contribution < 1.29 is 11.0 Å². The Kier molecular flexibility index (Phi) is 2.84. The molecule has 114 valence electrons. The fourth-order valence-electron chi connectivity index (χ4n) is 1.86. The van der Waals surface area contributed by atoms with Gasteiger partial charge < -0.3 is 0 Å². The van der Waals surface area contributed by atoms with E-state index in [0.717, 1.165) is 6.08 Å². The Morgan fingerprint density at radius 2 is 2.00 bits per heavy atom. The molecule has 0 saturated carbocycles. The van der Waals surface area contributed by atoms with Gasteiger partial charge in [0.2, 0.25) is 0 Å². The van der Waals surface area contributed by atoms with Crippen molar-refractivity contribution in [2.45, 2.75) is 27.3 Å². The summed E-state index contributed by atoms with van der Waals surface area (Å²) in [5.74, 6) is 5.42. The van der Waals surface area contributed by atoms with E-state index in [9.17, 15) is 0 Å². The quantitative estimate of drug-likeness (QED) is 0.727. The maximum Gasteiger partial charge on any atom is 0.0596 e. The highest BCUT2D eigenvalue weighted by atomic mass is 15.1. The van der Waals surface area contributed by atoms with E-state index in [0.29, 0.717) is 10.8 Å². The fourth-order valence-corrected chi connectivity index (χ4v) is 1.86. The highest BCUT2D eigenvalue weighted by Gasteiger charge is 2.03. The molecule has 0 aliphatic heterocycles. The first-order chi connectivity index (χ1) is 13.6. The molecule has 0 unspecified atom stereocenters. The van der Waals surface area contributed by atoms with Crippen molar-refractivity contribution >= 4 is 10.8 Å². The molecule has 0 spiro atoms.